The third-order valence-electron chi connectivity index (χ3n) is 0.795. The zero-order valence-electron chi connectivity index (χ0n) is 5.84. The Labute approximate surface area is 78.3 Å². The smallest absolute Gasteiger partial charge is 0.191 e. The van der Waals surface area contributed by atoms with Crippen molar-refractivity contribution in [1.29, 1.82) is 0 Å². The Bertz CT molecular complexity index is 456. The van der Waals surface area contributed by atoms with Crippen LogP contribution in [0.2, 0.25) is 0 Å². The van der Waals surface area contributed by atoms with Crippen molar-refractivity contribution >= 4 is 34.8 Å². The molecule has 0 aromatic heterocycles. The Morgan fingerprint density at radius 2 is 1.43 bits per heavy atom. The summed E-state index contributed by atoms with van der Waals surface area (Å²) in [6, 6.07) is 0. The molecular formula is F5N4OP3S. The van der Waals surface area contributed by atoms with Crippen LogP contribution in [-0.4, -0.2) is 4.21 Å². The maximum Gasteiger partial charge on any atom is 0.424 e. The van der Waals surface area contributed by atoms with Gasteiger partial charge in [-0.05, 0) is 0 Å². The average molecular weight is 292 g/mol. The van der Waals surface area contributed by atoms with Gasteiger partial charge in [-0.15, -0.1) is 34.5 Å². The zero-order chi connectivity index (χ0) is 11.0. The fraction of sp³-hybridized carbons (Fsp3) is 0. The maximum absolute atomic E-state index is 13.0. The predicted octanol–water partition coefficient (Wildman–Crippen LogP) is 5.08. The lowest BCUT2D eigenvalue weighted by Crippen LogP contribution is -1.70. The van der Waals surface area contributed by atoms with E-state index >= 15 is 0 Å². The van der Waals surface area contributed by atoms with Crippen molar-refractivity contribution in [3.8, 4) is 0 Å². The number of rotatable bonds is 1. The maximum atomic E-state index is 13.0. The number of nitrogens with zero attached hydrogens (tertiary/aromatic N) is 4. The third-order valence-corrected chi connectivity index (χ3v) is 7.16. The molecule has 0 radical (unpaired) electrons. The summed E-state index contributed by atoms with van der Waals surface area (Å²) in [5.74, 6) is 0. The van der Waals surface area contributed by atoms with E-state index in [1.807, 2.05) is 0 Å². The minimum absolute atomic E-state index is 0.802. The van der Waals surface area contributed by atoms with Gasteiger partial charge in [-0.2, -0.15) is 8.41 Å². The monoisotopic (exact) mass is 292 g/mol. The predicted molar refractivity (Wildman–Crippen MR) is 44.2 cm³/mol. The van der Waals surface area contributed by atoms with E-state index in [1.54, 1.807) is 4.52 Å². The molecule has 0 aromatic carbocycles. The molecule has 1 rings (SSSR count). The lowest BCUT2D eigenvalue weighted by Gasteiger charge is -2.11. The SMILES string of the molecule is O=S=NP1(F)=NP(F)(F)=NP(F)(F)=N1. The first-order chi connectivity index (χ1) is 6.18. The molecule has 1 aliphatic heterocycles. The Morgan fingerprint density at radius 3 is 1.86 bits per heavy atom. The lowest BCUT2D eigenvalue weighted by atomic mass is 13.8. The van der Waals surface area contributed by atoms with Gasteiger partial charge in [0.2, 0.25) is 11.5 Å². The summed E-state index contributed by atoms with van der Waals surface area (Å²) in [6.45, 7) is 0. The van der Waals surface area contributed by atoms with Crippen LogP contribution in [0.25, 0.3) is 0 Å². The molecule has 14 heavy (non-hydrogen) atoms. The summed E-state index contributed by atoms with van der Waals surface area (Å²) in [7, 11) is -16.5. The highest BCUT2D eigenvalue weighted by Crippen LogP contribution is 2.81. The van der Waals surface area contributed by atoms with Crippen LogP contribution in [-0.2, 0) is 11.5 Å². The average Bonchev–Trinajstić information content (AvgIpc) is 1.75. The minimum Gasteiger partial charge on any atom is -0.191 e. The topological polar surface area (TPSA) is 66.5 Å². The molecular weight excluding hydrogens is 292 g/mol. The Balaban J connectivity index is 3.56. The molecule has 0 bridgehead atoms. The number of halogens is 5. The van der Waals surface area contributed by atoms with Crippen LogP contribution in [0, 0.1) is 0 Å². The molecule has 1 unspecified atom stereocenters. The quantitative estimate of drug-likeness (QED) is 0.490. The summed E-state index contributed by atoms with van der Waals surface area (Å²) in [5, 5.41) is 0. The molecule has 1 heterocycles. The van der Waals surface area contributed by atoms with E-state index in [9.17, 15) is 25.2 Å². The van der Waals surface area contributed by atoms with Crippen LogP contribution in [0.5, 0.6) is 0 Å². The Kier molecular flexibility index (Phi) is 3.17. The van der Waals surface area contributed by atoms with Crippen LogP contribution in [0.1, 0.15) is 0 Å². The van der Waals surface area contributed by atoms with Crippen LogP contribution >= 0.6 is 23.3 Å². The van der Waals surface area contributed by atoms with E-state index in [4.69, 9.17) is 0 Å². The standard InChI is InChI=1S/F5N4OP3S/c1-11(2)6-12(3,4)8-13(5,7-11)9-14-10. The van der Waals surface area contributed by atoms with Crippen molar-refractivity contribution in [1.82, 2.24) is 0 Å². The van der Waals surface area contributed by atoms with Crippen molar-refractivity contribution in [2.75, 3.05) is 0 Å². The highest BCUT2D eigenvalue weighted by atomic mass is 32.1. The fourth-order valence-electron chi connectivity index (χ4n) is 0.532. The molecule has 82 valence electrons. The molecule has 0 saturated heterocycles. The first-order valence-electron chi connectivity index (χ1n) is 2.59. The molecule has 0 N–H and O–H groups in total. The van der Waals surface area contributed by atoms with E-state index in [-0.39, 0.29) is 0 Å². The van der Waals surface area contributed by atoms with Crippen LogP contribution in [0.15, 0.2) is 17.7 Å². The summed E-state index contributed by atoms with van der Waals surface area (Å²) >= 11 is -0.802. The van der Waals surface area contributed by atoms with E-state index in [0.29, 0.717) is 0 Å². The first kappa shape index (κ1) is 12.2. The minimum atomic E-state index is -5.73. The van der Waals surface area contributed by atoms with Gasteiger partial charge in [-0.3, -0.25) is 0 Å². The normalized spacial score (nSPS) is 33.2. The van der Waals surface area contributed by atoms with Gasteiger partial charge in [0.1, 0.15) is 0 Å². The molecule has 1 aliphatic rings. The van der Waals surface area contributed by atoms with Gasteiger partial charge in [0, 0.05) is 0 Å². The fourth-order valence-corrected chi connectivity index (χ4v) is 6.34. The Hall–Kier alpha value is 0.160. The molecule has 5 nitrogen and oxygen atoms in total. The molecule has 0 saturated carbocycles. The second-order valence-electron chi connectivity index (χ2n) is 1.83. The molecule has 0 spiro atoms. The lowest BCUT2D eigenvalue weighted by molar-refractivity contribution is 0.696. The van der Waals surface area contributed by atoms with Crippen molar-refractivity contribution in [2.24, 2.45) is 17.7 Å². The highest BCUT2D eigenvalue weighted by molar-refractivity contribution is 7.81. The summed E-state index contributed by atoms with van der Waals surface area (Å²) < 4.78 is 80.6. The second kappa shape index (κ2) is 3.63. The summed E-state index contributed by atoms with van der Waals surface area (Å²) in [4.78, 5) is 0. The van der Waals surface area contributed by atoms with Gasteiger partial charge >= 0.3 is 23.3 Å². The van der Waals surface area contributed by atoms with Crippen LogP contribution in [0.3, 0.4) is 0 Å². The van der Waals surface area contributed by atoms with Crippen molar-refractivity contribution in [2.45, 2.75) is 0 Å². The van der Waals surface area contributed by atoms with Gasteiger partial charge in [0.25, 0.3) is 0 Å². The van der Waals surface area contributed by atoms with Crippen molar-refractivity contribution in [3.05, 3.63) is 0 Å². The van der Waals surface area contributed by atoms with Crippen LogP contribution in [0.4, 0.5) is 21.0 Å². The van der Waals surface area contributed by atoms with E-state index in [2.05, 4.69) is 13.2 Å². The van der Waals surface area contributed by atoms with Crippen LogP contribution < -0.4 is 0 Å². The van der Waals surface area contributed by atoms with Gasteiger partial charge in [0.05, 0.1) is 0 Å². The highest BCUT2D eigenvalue weighted by Gasteiger charge is 2.39. The molecule has 0 aromatic rings. The number of hydrogen-bond acceptors (Lipinski definition) is 5. The van der Waals surface area contributed by atoms with Crippen molar-refractivity contribution < 1.29 is 25.2 Å². The third kappa shape index (κ3) is 3.08. The van der Waals surface area contributed by atoms with E-state index in [1.165, 1.54) is 0 Å². The zero-order valence-corrected chi connectivity index (χ0v) is 9.34. The second-order valence-corrected chi connectivity index (χ2v) is 7.59. The molecule has 0 amide bonds. The van der Waals surface area contributed by atoms with Gasteiger partial charge in [-0.25, -0.2) is 0 Å². The molecule has 0 aliphatic carbocycles. The molecule has 0 fully saturated rings. The summed E-state index contributed by atoms with van der Waals surface area (Å²) in [5.41, 5.74) is 0. The molecule has 1 atom stereocenters. The Morgan fingerprint density at radius 1 is 0.929 bits per heavy atom. The molecule has 14 heteroatoms. The van der Waals surface area contributed by atoms with Gasteiger partial charge in [0.15, 0.2) is 0 Å². The van der Waals surface area contributed by atoms with Gasteiger partial charge in [-0.1, -0.05) is 0 Å². The van der Waals surface area contributed by atoms with E-state index in [0.717, 1.165) is 0 Å². The first-order valence-corrected chi connectivity index (χ1v) is 7.78. The van der Waals surface area contributed by atoms with Crippen molar-refractivity contribution in [3.63, 3.8) is 0 Å². The van der Waals surface area contributed by atoms with E-state index < -0.39 is 34.8 Å². The summed E-state index contributed by atoms with van der Waals surface area (Å²) in [6.07, 6.45) is 0. The van der Waals surface area contributed by atoms with Gasteiger partial charge < -0.3 is 0 Å². The largest absolute Gasteiger partial charge is 0.424 e. The number of hydrogen-bond donors (Lipinski definition) is 0.